The minimum Gasteiger partial charge on any atom is -0.324 e. The summed E-state index contributed by atoms with van der Waals surface area (Å²) in [6, 6.07) is 17.7. The van der Waals surface area contributed by atoms with Gasteiger partial charge in [-0.25, -0.2) is 8.42 Å². The van der Waals surface area contributed by atoms with Crippen molar-refractivity contribution >= 4 is 20.6 Å². The third kappa shape index (κ3) is 2.39. The Labute approximate surface area is 139 Å². The van der Waals surface area contributed by atoms with Crippen LogP contribution < -0.4 is 0 Å². The van der Waals surface area contributed by atoms with Crippen molar-refractivity contribution in [1.29, 1.82) is 0 Å². The molecule has 0 fully saturated rings. The third-order valence-electron chi connectivity index (χ3n) is 3.98. The molecule has 24 heavy (non-hydrogen) atoms. The molecule has 0 aliphatic rings. The smallest absolute Gasteiger partial charge is 0.207 e. The Morgan fingerprint density at radius 1 is 0.833 bits per heavy atom. The number of benzene rings is 2. The van der Waals surface area contributed by atoms with Gasteiger partial charge < -0.3 is 4.57 Å². The molecule has 0 bridgehead atoms. The highest BCUT2D eigenvalue weighted by Gasteiger charge is 2.20. The van der Waals surface area contributed by atoms with E-state index in [1.165, 1.54) is 0 Å². The molecule has 0 atom stereocenters. The molecule has 2 heterocycles. The van der Waals surface area contributed by atoms with Crippen molar-refractivity contribution in [3.63, 3.8) is 0 Å². The largest absolute Gasteiger partial charge is 0.324 e. The number of fused-ring (bicyclic) bond motifs is 1. The summed E-state index contributed by atoms with van der Waals surface area (Å²) in [6.45, 7) is 0. The molecule has 2 aromatic carbocycles. The van der Waals surface area contributed by atoms with Crippen molar-refractivity contribution < 1.29 is 8.42 Å². The highest BCUT2D eigenvalue weighted by atomic mass is 32.2. The van der Waals surface area contributed by atoms with Gasteiger partial charge in [0, 0.05) is 41.2 Å². The van der Waals surface area contributed by atoms with Gasteiger partial charge in [-0.15, -0.1) is 0 Å². The fraction of sp³-hybridized carbons (Fsp3) is 0. The van der Waals surface area contributed by atoms with Crippen molar-refractivity contribution in [2.45, 2.75) is 9.79 Å². The van der Waals surface area contributed by atoms with Gasteiger partial charge in [0.05, 0.1) is 9.79 Å². The predicted octanol–water partition coefficient (Wildman–Crippen LogP) is 3.86. The van der Waals surface area contributed by atoms with E-state index in [9.17, 15) is 8.42 Å². The van der Waals surface area contributed by atoms with Crippen LogP contribution in [-0.4, -0.2) is 18.0 Å². The molecule has 0 saturated heterocycles. The highest BCUT2D eigenvalue weighted by Crippen LogP contribution is 2.28. The van der Waals surface area contributed by atoms with Gasteiger partial charge in [-0.1, -0.05) is 12.1 Å². The van der Waals surface area contributed by atoms with Crippen LogP contribution in [0.25, 0.3) is 16.5 Å². The van der Waals surface area contributed by atoms with E-state index in [0.29, 0.717) is 10.3 Å². The number of sulfone groups is 1. The van der Waals surface area contributed by atoms with Crippen LogP contribution in [0.5, 0.6) is 0 Å². The first kappa shape index (κ1) is 14.7. The second-order valence-electron chi connectivity index (χ2n) is 5.44. The maximum atomic E-state index is 13.0. The van der Waals surface area contributed by atoms with Crippen LogP contribution >= 0.6 is 0 Å². The SMILES string of the molecule is O=S(=O)(c1ccc(-n2cccc2)cc1)c1cccc2cnccc12. The van der Waals surface area contributed by atoms with Gasteiger partial charge >= 0.3 is 0 Å². The first-order valence-corrected chi connectivity index (χ1v) is 8.96. The zero-order chi connectivity index (χ0) is 16.6. The molecular weight excluding hydrogens is 320 g/mol. The lowest BCUT2D eigenvalue weighted by atomic mass is 10.2. The van der Waals surface area contributed by atoms with E-state index in [2.05, 4.69) is 4.98 Å². The number of nitrogens with zero attached hydrogens (tertiary/aromatic N) is 2. The van der Waals surface area contributed by atoms with Crippen molar-refractivity contribution in [2.75, 3.05) is 0 Å². The van der Waals surface area contributed by atoms with Crippen molar-refractivity contribution in [3.05, 3.63) is 85.5 Å². The van der Waals surface area contributed by atoms with E-state index >= 15 is 0 Å². The maximum absolute atomic E-state index is 13.0. The summed E-state index contributed by atoms with van der Waals surface area (Å²) in [5.74, 6) is 0. The second kappa shape index (κ2) is 5.62. The van der Waals surface area contributed by atoms with E-state index in [4.69, 9.17) is 0 Å². The molecule has 4 nitrogen and oxygen atoms in total. The van der Waals surface area contributed by atoms with E-state index in [-0.39, 0.29) is 4.90 Å². The molecule has 5 heteroatoms. The molecule has 118 valence electrons. The Morgan fingerprint density at radius 3 is 2.33 bits per heavy atom. The predicted molar refractivity (Wildman–Crippen MR) is 93.0 cm³/mol. The third-order valence-corrected chi connectivity index (χ3v) is 5.81. The van der Waals surface area contributed by atoms with Crippen molar-refractivity contribution in [1.82, 2.24) is 9.55 Å². The van der Waals surface area contributed by atoms with Gasteiger partial charge in [0.2, 0.25) is 9.84 Å². The van der Waals surface area contributed by atoms with Crippen LogP contribution in [0.3, 0.4) is 0 Å². The van der Waals surface area contributed by atoms with Gasteiger partial charge in [0.1, 0.15) is 0 Å². The summed E-state index contributed by atoms with van der Waals surface area (Å²) in [5, 5.41) is 1.49. The fourth-order valence-electron chi connectivity index (χ4n) is 2.76. The maximum Gasteiger partial charge on any atom is 0.207 e. The van der Waals surface area contributed by atoms with Crippen LogP contribution in [0.2, 0.25) is 0 Å². The number of rotatable bonds is 3. The minimum atomic E-state index is -3.59. The van der Waals surface area contributed by atoms with Crippen molar-refractivity contribution in [3.8, 4) is 5.69 Å². The Kier molecular flexibility index (Phi) is 3.43. The molecule has 0 aliphatic heterocycles. The average Bonchev–Trinajstić information content (AvgIpc) is 3.16. The van der Waals surface area contributed by atoms with E-state index in [1.54, 1.807) is 54.9 Å². The fourth-order valence-corrected chi connectivity index (χ4v) is 4.24. The summed E-state index contributed by atoms with van der Waals surface area (Å²) in [4.78, 5) is 4.63. The molecule has 0 radical (unpaired) electrons. The van der Waals surface area contributed by atoms with Gasteiger partial charge in [-0.2, -0.15) is 0 Å². The number of aromatic nitrogens is 2. The molecule has 0 saturated carbocycles. The molecule has 4 rings (SSSR count). The topological polar surface area (TPSA) is 52.0 Å². The number of pyridine rings is 1. The van der Waals surface area contributed by atoms with Crippen molar-refractivity contribution in [2.24, 2.45) is 0 Å². The Bertz CT molecular complexity index is 1090. The summed E-state index contributed by atoms with van der Waals surface area (Å²) < 4.78 is 28.0. The van der Waals surface area contributed by atoms with Crippen LogP contribution in [0, 0.1) is 0 Å². The quantitative estimate of drug-likeness (QED) is 0.572. The van der Waals surface area contributed by atoms with Crippen LogP contribution in [-0.2, 0) is 9.84 Å². The molecule has 0 amide bonds. The molecule has 0 N–H and O–H groups in total. The highest BCUT2D eigenvalue weighted by molar-refractivity contribution is 7.91. The lowest BCUT2D eigenvalue weighted by Crippen LogP contribution is -2.03. The summed E-state index contributed by atoms with van der Waals surface area (Å²) >= 11 is 0. The average molecular weight is 334 g/mol. The number of hydrogen-bond acceptors (Lipinski definition) is 3. The van der Waals surface area contributed by atoms with Gasteiger partial charge in [-0.3, -0.25) is 4.98 Å². The van der Waals surface area contributed by atoms with E-state index < -0.39 is 9.84 Å². The standard InChI is InChI=1S/C19H14N2O2S/c22-24(23,19-5-3-4-15-14-20-11-10-18(15)19)17-8-6-16(7-9-17)21-12-1-2-13-21/h1-14H. The van der Waals surface area contributed by atoms with Gasteiger partial charge in [-0.05, 0) is 48.5 Å². The Balaban J connectivity index is 1.82. The summed E-state index contributed by atoms with van der Waals surface area (Å²) in [6.07, 6.45) is 7.11. The molecule has 4 aromatic rings. The monoisotopic (exact) mass is 334 g/mol. The normalized spacial score (nSPS) is 11.7. The van der Waals surface area contributed by atoms with Crippen LogP contribution in [0.1, 0.15) is 0 Å². The summed E-state index contributed by atoms with van der Waals surface area (Å²) in [7, 11) is -3.59. The van der Waals surface area contributed by atoms with E-state index in [1.807, 2.05) is 35.2 Å². The molecular formula is C19H14N2O2S. The van der Waals surface area contributed by atoms with Crippen LogP contribution in [0.15, 0.2) is 95.2 Å². The first-order chi connectivity index (χ1) is 11.7. The zero-order valence-corrected chi connectivity index (χ0v) is 13.5. The lowest BCUT2D eigenvalue weighted by molar-refractivity contribution is 0.597. The zero-order valence-electron chi connectivity index (χ0n) is 12.7. The molecule has 2 aromatic heterocycles. The minimum absolute atomic E-state index is 0.280. The van der Waals surface area contributed by atoms with Gasteiger partial charge in [0.25, 0.3) is 0 Å². The Hall–Kier alpha value is -2.92. The van der Waals surface area contributed by atoms with Crippen LogP contribution in [0.4, 0.5) is 0 Å². The number of hydrogen-bond donors (Lipinski definition) is 0. The summed E-state index contributed by atoms with van der Waals surface area (Å²) in [5.41, 5.74) is 0.918. The molecule has 0 unspecified atom stereocenters. The lowest BCUT2D eigenvalue weighted by Gasteiger charge is -2.09. The first-order valence-electron chi connectivity index (χ1n) is 7.47. The molecule has 0 spiro atoms. The second-order valence-corrected chi connectivity index (χ2v) is 7.36. The van der Waals surface area contributed by atoms with E-state index in [0.717, 1.165) is 11.1 Å². The Morgan fingerprint density at radius 2 is 1.58 bits per heavy atom. The van der Waals surface area contributed by atoms with Gasteiger partial charge in [0.15, 0.2) is 0 Å². The molecule has 0 aliphatic carbocycles.